The third-order valence-electron chi connectivity index (χ3n) is 3.84. The predicted molar refractivity (Wildman–Crippen MR) is 68.7 cm³/mol. The van der Waals surface area contributed by atoms with Gasteiger partial charge in [0.1, 0.15) is 0 Å². The first-order valence-electron chi connectivity index (χ1n) is 6.56. The van der Waals surface area contributed by atoms with Crippen LogP contribution in [0, 0.1) is 5.41 Å². The number of aliphatic hydroxyl groups excluding tert-OH is 1. The molecule has 0 amide bonds. The highest BCUT2D eigenvalue weighted by Gasteiger charge is 2.47. The minimum absolute atomic E-state index is 0.136. The number of rotatable bonds is 7. The van der Waals surface area contributed by atoms with Crippen LogP contribution in [0.1, 0.15) is 38.2 Å². The zero-order valence-electron chi connectivity index (χ0n) is 10.6. The fourth-order valence-corrected chi connectivity index (χ4v) is 2.38. The van der Waals surface area contributed by atoms with E-state index in [1.54, 1.807) is 0 Å². The van der Waals surface area contributed by atoms with Crippen molar-refractivity contribution in [1.82, 2.24) is 0 Å². The topological polar surface area (TPSA) is 29.5 Å². The SMILES string of the molecule is CCC(O)C1(CCOCc2ccccc2)CC1. The van der Waals surface area contributed by atoms with Gasteiger partial charge >= 0.3 is 0 Å². The summed E-state index contributed by atoms with van der Waals surface area (Å²) in [5.41, 5.74) is 1.40. The van der Waals surface area contributed by atoms with Gasteiger partial charge in [0.2, 0.25) is 0 Å². The average Bonchev–Trinajstić information content (AvgIpc) is 3.16. The minimum Gasteiger partial charge on any atom is -0.393 e. The Morgan fingerprint density at radius 3 is 2.59 bits per heavy atom. The summed E-state index contributed by atoms with van der Waals surface area (Å²) in [6, 6.07) is 10.2. The summed E-state index contributed by atoms with van der Waals surface area (Å²) in [5.74, 6) is 0. The maximum Gasteiger partial charge on any atom is 0.0716 e. The molecule has 0 spiro atoms. The van der Waals surface area contributed by atoms with Gasteiger partial charge in [-0.2, -0.15) is 0 Å². The normalized spacial score (nSPS) is 18.9. The average molecular weight is 234 g/mol. The Labute approximate surface area is 104 Å². The van der Waals surface area contributed by atoms with E-state index in [-0.39, 0.29) is 11.5 Å². The van der Waals surface area contributed by atoms with E-state index in [2.05, 4.69) is 19.1 Å². The highest BCUT2D eigenvalue weighted by Crippen LogP contribution is 2.52. The standard InChI is InChI=1S/C15H22O2/c1-2-14(16)15(8-9-15)10-11-17-12-13-6-4-3-5-7-13/h3-7,14,16H,2,8-12H2,1H3. The molecule has 1 aliphatic rings. The summed E-state index contributed by atoms with van der Waals surface area (Å²) < 4.78 is 5.68. The van der Waals surface area contributed by atoms with Crippen LogP contribution in [0.25, 0.3) is 0 Å². The lowest BCUT2D eigenvalue weighted by atomic mass is 9.94. The first-order chi connectivity index (χ1) is 8.27. The van der Waals surface area contributed by atoms with Crippen LogP contribution in [-0.2, 0) is 11.3 Å². The summed E-state index contributed by atoms with van der Waals surface area (Å²) in [4.78, 5) is 0. The highest BCUT2D eigenvalue weighted by molar-refractivity contribution is 5.13. The lowest BCUT2D eigenvalue weighted by molar-refractivity contribution is 0.0459. The van der Waals surface area contributed by atoms with E-state index in [0.29, 0.717) is 6.61 Å². The molecular weight excluding hydrogens is 212 g/mol. The van der Waals surface area contributed by atoms with Crippen LogP contribution in [0.15, 0.2) is 30.3 Å². The second kappa shape index (κ2) is 5.65. The molecule has 2 nitrogen and oxygen atoms in total. The fourth-order valence-electron chi connectivity index (χ4n) is 2.38. The third kappa shape index (κ3) is 3.30. The van der Waals surface area contributed by atoms with E-state index in [1.165, 1.54) is 5.56 Å². The van der Waals surface area contributed by atoms with Crippen LogP contribution >= 0.6 is 0 Å². The van der Waals surface area contributed by atoms with Crippen LogP contribution < -0.4 is 0 Å². The molecule has 1 aliphatic carbocycles. The molecule has 0 aliphatic heterocycles. The summed E-state index contributed by atoms with van der Waals surface area (Å²) in [7, 11) is 0. The molecule has 2 rings (SSSR count). The van der Waals surface area contributed by atoms with Gasteiger partial charge in [-0.1, -0.05) is 37.3 Å². The van der Waals surface area contributed by atoms with Gasteiger partial charge in [0, 0.05) is 6.61 Å². The van der Waals surface area contributed by atoms with Crippen molar-refractivity contribution in [3.05, 3.63) is 35.9 Å². The van der Waals surface area contributed by atoms with Gasteiger partial charge in [-0.25, -0.2) is 0 Å². The molecule has 1 saturated carbocycles. The second-order valence-electron chi connectivity index (χ2n) is 5.07. The van der Waals surface area contributed by atoms with Crippen LogP contribution in [0.3, 0.4) is 0 Å². The molecule has 1 aromatic carbocycles. The molecule has 0 bridgehead atoms. The molecule has 1 unspecified atom stereocenters. The van der Waals surface area contributed by atoms with Crippen LogP contribution in [0.2, 0.25) is 0 Å². The molecule has 1 atom stereocenters. The zero-order valence-corrected chi connectivity index (χ0v) is 10.6. The van der Waals surface area contributed by atoms with Crippen LogP contribution in [-0.4, -0.2) is 17.8 Å². The van der Waals surface area contributed by atoms with Gasteiger partial charge in [-0.3, -0.25) is 0 Å². The smallest absolute Gasteiger partial charge is 0.0716 e. The highest BCUT2D eigenvalue weighted by atomic mass is 16.5. The van der Waals surface area contributed by atoms with Crippen molar-refractivity contribution >= 4 is 0 Å². The first-order valence-corrected chi connectivity index (χ1v) is 6.56. The van der Waals surface area contributed by atoms with Gasteiger partial charge in [0.25, 0.3) is 0 Å². The van der Waals surface area contributed by atoms with Gasteiger partial charge in [0.05, 0.1) is 12.7 Å². The Balaban J connectivity index is 1.67. The van der Waals surface area contributed by atoms with Gasteiger partial charge in [-0.05, 0) is 36.7 Å². The van der Waals surface area contributed by atoms with Crippen molar-refractivity contribution in [2.75, 3.05) is 6.61 Å². The molecule has 0 aromatic heterocycles. The van der Waals surface area contributed by atoms with E-state index >= 15 is 0 Å². The second-order valence-corrected chi connectivity index (χ2v) is 5.07. The minimum atomic E-state index is -0.136. The predicted octanol–water partition coefficient (Wildman–Crippen LogP) is 3.14. The Kier molecular flexibility index (Phi) is 4.19. The monoisotopic (exact) mass is 234 g/mol. The molecule has 2 heteroatoms. The Hall–Kier alpha value is -0.860. The maximum absolute atomic E-state index is 9.91. The lowest BCUT2D eigenvalue weighted by Gasteiger charge is -2.20. The number of aliphatic hydroxyl groups is 1. The lowest BCUT2D eigenvalue weighted by Crippen LogP contribution is -2.22. The molecule has 94 valence electrons. The summed E-state index contributed by atoms with van der Waals surface area (Å²) in [5, 5.41) is 9.91. The van der Waals surface area contributed by atoms with Crippen molar-refractivity contribution in [1.29, 1.82) is 0 Å². The number of hydrogen-bond donors (Lipinski definition) is 1. The largest absolute Gasteiger partial charge is 0.393 e. The summed E-state index contributed by atoms with van der Waals surface area (Å²) in [6.07, 6.45) is 4.05. The maximum atomic E-state index is 9.91. The molecule has 0 radical (unpaired) electrons. The van der Waals surface area contributed by atoms with Crippen molar-refractivity contribution < 1.29 is 9.84 Å². The van der Waals surface area contributed by atoms with Crippen LogP contribution in [0.4, 0.5) is 0 Å². The Morgan fingerprint density at radius 1 is 1.29 bits per heavy atom. The Morgan fingerprint density at radius 2 is 2.00 bits per heavy atom. The van der Waals surface area contributed by atoms with E-state index < -0.39 is 0 Å². The molecule has 1 N–H and O–H groups in total. The van der Waals surface area contributed by atoms with E-state index in [0.717, 1.165) is 32.3 Å². The molecule has 1 fully saturated rings. The van der Waals surface area contributed by atoms with Gasteiger partial charge in [-0.15, -0.1) is 0 Å². The van der Waals surface area contributed by atoms with Crippen molar-refractivity contribution in [2.45, 2.75) is 45.3 Å². The zero-order chi connectivity index (χ0) is 12.1. The molecule has 1 aromatic rings. The van der Waals surface area contributed by atoms with E-state index in [9.17, 15) is 5.11 Å². The molecule has 17 heavy (non-hydrogen) atoms. The van der Waals surface area contributed by atoms with E-state index in [4.69, 9.17) is 4.74 Å². The number of benzene rings is 1. The van der Waals surface area contributed by atoms with Crippen molar-refractivity contribution in [3.8, 4) is 0 Å². The fraction of sp³-hybridized carbons (Fsp3) is 0.600. The van der Waals surface area contributed by atoms with Gasteiger partial charge in [0.15, 0.2) is 0 Å². The van der Waals surface area contributed by atoms with E-state index in [1.807, 2.05) is 18.2 Å². The van der Waals surface area contributed by atoms with Crippen LogP contribution in [0.5, 0.6) is 0 Å². The molecule has 0 heterocycles. The molecular formula is C15H22O2. The number of hydrogen-bond acceptors (Lipinski definition) is 2. The molecule has 0 saturated heterocycles. The quantitative estimate of drug-likeness (QED) is 0.734. The summed E-state index contributed by atoms with van der Waals surface area (Å²) >= 11 is 0. The first kappa shape index (κ1) is 12.6. The van der Waals surface area contributed by atoms with Crippen molar-refractivity contribution in [2.24, 2.45) is 5.41 Å². The Bertz CT molecular complexity index is 330. The number of ether oxygens (including phenoxy) is 1. The third-order valence-corrected chi connectivity index (χ3v) is 3.84. The van der Waals surface area contributed by atoms with Gasteiger partial charge < -0.3 is 9.84 Å². The van der Waals surface area contributed by atoms with Crippen molar-refractivity contribution in [3.63, 3.8) is 0 Å². The summed E-state index contributed by atoms with van der Waals surface area (Å²) in [6.45, 7) is 3.49.